The van der Waals surface area contributed by atoms with E-state index < -0.39 is 5.78 Å². The molecule has 0 amide bonds. The first-order valence-corrected chi connectivity index (χ1v) is 9.52. The first kappa shape index (κ1) is 28.3. The molecule has 0 unspecified atom stereocenters. The maximum atomic E-state index is 12.0. The number of aromatic hydroxyl groups is 4. The number of rotatable bonds is 2. The number of benzene rings is 3. The summed E-state index contributed by atoms with van der Waals surface area (Å²) in [7, 11) is 0. The van der Waals surface area contributed by atoms with Gasteiger partial charge in [-0.05, 0) is 36.4 Å². The molecule has 0 spiro atoms. The average Bonchev–Trinajstić information content (AvgIpc) is 2.83. The molecule has 0 fully saturated rings. The molecule has 3 aromatic carbocycles. The molecule has 0 aliphatic heterocycles. The Morgan fingerprint density at radius 1 is 0.611 bits per heavy atom. The van der Waals surface area contributed by atoms with Crippen LogP contribution < -0.4 is 0 Å². The SMILES string of the molecule is O=C(c1ccc(O)cc1O)c1ccc(O)cc1O.O=C1C=CC(=O)c2ccccc21.[N-]=[N+]=[N-].[N-]=[N+]=[N-]. The molecule has 0 aromatic heterocycles. The number of nitrogens with zero attached hydrogens (tertiary/aromatic N) is 6. The van der Waals surface area contributed by atoms with Crippen molar-refractivity contribution in [1.82, 2.24) is 0 Å². The highest BCUT2D eigenvalue weighted by Crippen LogP contribution is 2.29. The van der Waals surface area contributed by atoms with Crippen LogP contribution in [0.4, 0.5) is 0 Å². The highest BCUT2D eigenvalue weighted by molar-refractivity contribution is 6.22. The monoisotopic (exact) mass is 488 g/mol. The van der Waals surface area contributed by atoms with Gasteiger partial charge in [0.1, 0.15) is 23.0 Å². The molecule has 0 bridgehead atoms. The van der Waals surface area contributed by atoms with Gasteiger partial charge < -0.3 is 42.6 Å². The summed E-state index contributed by atoms with van der Waals surface area (Å²) in [5.41, 5.74) is 27.9. The summed E-state index contributed by atoms with van der Waals surface area (Å²) in [5.74, 6) is -1.89. The lowest BCUT2D eigenvalue weighted by molar-refractivity contribution is 0.0994. The standard InChI is InChI=1S/C13H10O5.C10H6O2.2N3/c14-7-1-3-9(11(16)5-7)13(18)10-4-2-8(15)6-12(10)17;11-9-5-6-10(12)8-4-2-1-3-7(8)9;2*1-3-2/h1-6,14-17H;1-6H;;/q;;2*-1. The van der Waals surface area contributed by atoms with Crippen LogP contribution in [0.5, 0.6) is 23.0 Å². The molecular formula is C23H16N6O7-2. The third-order valence-corrected chi connectivity index (χ3v) is 4.30. The number of hydrogen-bond acceptors (Lipinski definition) is 7. The Balaban J connectivity index is 0.000000309. The van der Waals surface area contributed by atoms with Crippen LogP contribution in [0.15, 0.2) is 72.8 Å². The second-order valence-electron chi connectivity index (χ2n) is 6.52. The largest absolute Gasteiger partial charge is 0.508 e. The molecule has 0 atom stereocenters. The van der Waals surface area contributed by atoms with Gasteiger partial charge in [-0.2, -0.15) is 0 Å². The highest BCUT2D eigenvalue weighted by Gasteiger charge is 2.18. The van der Waals surface area contributed by atoms with Crippen molar-refractivity contribution in [1.29, 1.82) is 0 Å². The molecule has 1 aliphatic rings. The van der Waals surface area contributed by atoms with Crippen molar-refractivity contribution in [2.75, 3.05) is 0 Å². The van der Waals surface area contributed by atoms with E-state index in [0.717, 1.165) is 12.1 Å². The first-order chi connectivity index (χ1) is 17.1. The molecule has 0 saturated heterocycles. The van der Waals surface area contributed by atoms with Crippen LogP contribution in [0, 0.1) is 0 Å². The van der Waals surface area contributed by atoms with Gasteiger partial charge in [-0.3, -0.25) is 24.2 Å². The van der Waals surface area contributed by atoms with E-state index in [4.69, 9.17) is 32.3 Å². The van der Waals surface area contributed by atoms with Crippen LogP contribution in [0.25, 0.3) is 31.9 Å². The number of carbonyl (C=O) groups excluding carboxylic acids is 3. The van der Waals surface area contributed by atoms with E-state index >= 15 is 0 Å². The van der Waals surface area contributed by atoms with Crippen LogP contribution in [0.1, 0.15) is 36.6 Å². The van der Waals surface area contributed by atoms with Gasteiger partial charge in [0, 0.05) is 23.3 Å². The number of carbonyl (C=O) groups is 3. The van der Waals surface area contributed by atoms with Crippen molar-refractivity contribution in [2.24, 2.45) is 0 Å². The second-order valence-corrected chi connectivity index (χ2v) is 6.52. The average molecular weight is 488 g/mol. The molecular weight excluding hydrogens is 472 g/mol. The minimum absolute atomic E-state index is 0.0474. The number of allylic oxidation sites excluding steroid dienone is 2. The Kier molecular flexibility index (Phi) is 10.8. The zero-order chi connectivity index (χ0) is 27.3. The summed E-state index contributed by atoms with van der Waals surface area (Å²) in [4.78, 5) is 37.4. The van der Waals surface area contributed by atoms with Crippen LogP contribution in [0.3, 0.4) is 0 Å². The summed E-state index contributed by atoms with van der Waals surface area (Å²) in [5, 5.41) is 37.4. The lowest BCUT2D eigenvalue weighted by Crippen LogP contribution is -2.10. The minimum Gasteiger partial charge on any atom is -0.508 e. The molecule has 3 aromatic rings. The fourth-order valence-electron chi connectivity index (χ4n) is 2.81. The van der Waals surface area contributed by atoms with Crippen LogP contribution in [-0.4, -0.2) is 37.8 Å². The quantitative estimate of drug-likeness (QED) is 0.164. The first-order valence-electron chi connectivity index (χ1n) is 9.52. The van der Waals surface area contributed by atoms with Crippen LogP contribution in [-0.2, 0) is 0 Å². The molecule has 1 aliphatic carbocycles. The molecule has 13 nitrogen and oxygen atoms in total. The van der Waals surface area contributed by atoms with Gasteiger partial charge in [-0.15, -0.1) is 0 Å². The van der Waals surface area contributed by atoms with Crippen LogP contribution >= 0.6 is 0 Å². The van der Waals surface area contributed by atoms with Gasteiger partial charge in [-0.1, -0.05) is 24.3 Å². The van der Waals surface area contributed by atoms with Gasteiger partial charge in [-0.25, -0.2) is 0 Å². The summed E-state index contributed by atoms with van der Waals surface area (Å²) < 4.78 is 0. The lowest BCUT2D eigenvalue weighted by Gasteiger charge is -2.06. The number of phenolic OH excluding ortho intramolecular Hbond substituents is 4. The lowest BCUT2D eigenvalue weighted by atomic mass is 9.95. The van der Waals surface area contributed by atoms with E-state index in [0.29, 0.717) is 11.1 Å². The summed E-state index contributed by atoms with van der Waals surface area (Å²) in [6.07, 6.45) is 2.62. The Hall–Kier alpha value is -5.77. The van der Waals surface area contributed by atoms with Gasteiger partial charge in [0.25, 0.3) is 0 Å². The third-order valence-electron chi connectivity index (χ3n) is 4.30. The van der Waals surface area contributed by atoms with E-state index in [1.54, 1.807) is 24.3 Å². The van der Waals surface area contributed by atoms with E-state index in [-0.39, 0.29) is 45.7 Å². The van der Waals surface area contributed by atoms with Crippen molar-refractivity contribution < 1.29 is 34.8 Å². The summed E-state index contributed by atoms with van der Waals surface area (Å²) in [6, 6.07) is 13.9. The fourth-order valence-corrected chi connectivity index (χ4v) is 2.81. The molecule has 0 radical (unpaired) electrons. The van der Waals surface area contributed by atoms with E-state index in [9.17, 15) is 24.6 Å². The number of phenols is 4. The molecule has 0 saturated carbocycles. The van der Waals surface area contributed by atoms with Gasteiger partial charge in [0.2, 0.25) is 0 Å². The topological polar surface area (TPSA) is 250 Å². The smallest absolute Gasteiger partial charge is 0.200 e. The maximum absolute atomic E-state index is 12.0. The Morgan fingerprint density at radius 2 is 0.944 bits per heavy atom. The maximum Gasteiger partial charge on any atom is 0.200 e. The predicted molar refractivity (Wildman–Crippen MR) is 127 cm³/mol. The summed E-state index contributed by atoms with van der Waals surface area (Å²) in [6.45, 7) is 0. The molecule has 0 heterocycles. The van der Waals surface area contributed by atoms with Crippen molar-refractivity contribution in [2.45, 2.75) is 0 Å². The fraction of sp³-hybridized carbons (Fsp3) is 0. The van der Waals surface area contributed by atoms with E-state index in [1.807, 2.05) is 0 Å². The van der Waals surface area contributed by atoms with Crippen LogP contribution in [0.2, 0.25) is 0 Å². The Bertz CT molecular complexity index is 1290. The van der Waals surface area contributed by atoms with E-state index in [2.05, 4.69) is 0 Å². The van der Waals surface area contributed by atoms with Crippen molar-refractivity contribution in [3.63, 3.8) is 0 Å². The highest BCUT2D eigenvalue weighted by atomic mass is 16.3. The number of fused-ring (bicyclic) bond motifs is 1. The number of hydrogen-bond donors (Lipinski definition) is 4. The molecule has 4 rings (SSSR count). The molecule has 4 N–H and O–H groups in total. The Morgan fingerprint density at radius 3 is 1.25 bits per heavy atom. The predicted octanol–water partition coefficient (Wildman–Crippen LogP) is 5.09. The molecule has 36 heavy (non-hydrogen) atoms. The van der Waals surface area contributed by atoms with Crippen molar-refractivity contribution in [3.8, 4) is 23.0 Å². The minimum atomic E-state index is -0.606. The zero-order valence-electron chi connectivity index (χ0n) is 18.1. The van der Waals surface area contributed by atoms with E-state index in [1.165, 1.54) is 46.2 Å². The normalized spacial score (nSPS) is 10.4. The Labute approximate surface area is 202 Å². The van der Waals surface area contributed by atoms with Gasteiger partial charge in [0.15, 0.2) is 17.3 Å². The molecule has 182 valence electrons. The van der Waals surface area contributed by atoms with Crippen molar-refractivity contribution in [3.05, 3.63) is 127 Å². The summed E-state index contributed by atoms with van der Waals surface area (Å²) >= 11 is 0. The van der Waals surface area contributed by atoms with Crippen molar-refractivity contribution >= 4 is 17.3 Å². The molecule has 13 heteroatoms. The zero-order valence-corrected chi connectivity index (χ0v) is 18.1. The van der Waals surface area contributed by atoms with Gasteiger partial charge in [0.05, 0.1) is 11.1 Å². The van der Waals surface area contributed by atoms with Gasteiger partial charge >= 0.3 is 0 Å². The number of ketones is 3. The third kappa shape index (κ3) is 7.67. The second kappa shape index (κ2) is 13.7.